The quantitative estimate of drug-likeness (QED) is 0.276. The molecule has 174 valence electrons. The molecule has 0 bridgehead atoms. The zero-order valence-corrected chi connectivity index (χ0v) is 20.8. The van der Waals surface area contributed by atoms with Crippen molar-refractivity contribution in [3.05, 3.63) is 158 Å². The molecule has 0 amide bonds. The average Bonchev–Trinajstić information content (AvgIpc) is 2.98. The summed E-state index contributed by atoms with van der Waals surface area (Å²) in [6.07, 6.45) is 0. The van der Waals surface area contributed by atoms with Crippen LogP contribution in [0.2, 0.25) is 0 Å². The summed E-state index contributed by atoms with van der Waals surface area (Å²) in [7, 11) is 0. The normalized spacial score (nSPS) is 12.6. The van der Waals surface area contributed by atoms with E-state index in [9.17, 15) is 4.89 Å². The van der Waals surface area contributed by atoms with Crippen molar-refractivity contribution < 1.29 is 4.89 Å². The summed E-state index contributed by atoms with van der Waals surface area (Å²) in [5, 5.41) is 6.08. The molecule has 1 nitrogen and oxygen atoms in total. The number of hydrogen-bond acceptors (Lipinski definition) is 1. The molecular formula is C34H27OP. The third kappa shape index (κ3) is 3.25. The van der Waals surface area contributed by atoms with E-state index in [0.29, 0.717) is 0 Å². The fraction of sp³-hybridized carbons (Fsp3) is 0. The Morgan fingerprint density at radius 3 is 1.36 bits per heavy atom. The molecule has 36 heavy (non-hydrogen) atoms. The first-order chi connectivity index (χ1) is 17.7. The molecular weight excluding hydrogens is 455 g/mol. The molecule has 0 aliphatic rings. The molecule has 1 N–H and O–H groups in total. The van der Waals surface area contributed by atoms with Crippen LogP contribution in [0.25, 0.3) is 21.9 Å². The summed E-state index contributed by atoms with van der Waals surface area (Å²) in [6.45, 7) is -4.15. The van der Waals surface area contributed by atoms with E-state index < -0.39 is 6.83 Å². The average molecular weight is 483 g/mol. The molecule has 0 aromatic heterocycles. The number of benzene rings is 6. The Kier molecular flexibility index (Phi) is 5.53. The molecule has 0 saturated carbocycles. The molecule has 6 rings (SSSR count). The maximum absolute atomic E-state index is 13.9. The van der Waals surface area contributed by atoms with Crippen LogP contribution in [0.15, 0.2) is 158 Å². The minimum absolute atomic E-state index is 0.925. The van der Waals surface area contributed by atoms with E-state index in [1.54, 1.807) is 0 Å². The van der Waals surface area contributed by atoms with Gasteiger partial charge in [-0.15, -0.1) is 0 Å². The second-order valence-corrected chi connectivity index (χ2v) is 13.3. The Labute approximate surface area is 212 Å². The molecule has 0 spiro atoms. The standard InChI is InChI=1S/C34H27OP/c35-36(28-17-4-1-5-18-28,29-19-6-2-7-20-29,30-21-8-3-9-22-30)34-26-13-12-24-33(34)32-25-14-16-27-15-10-11-23-31(27)32/h1-26,35H. The Balaban J connectivity index is 1.83. The summed E-state index contributed by atoms with van der Waals surface area (Å²) in [5.74, 6) is 0. The third-order valence-corrected chi connectivity index (χ3v) is 12.5. The van der Waals surface area contributed by atoms with Crippen LogP contribution in [0.5, 0.6) is 0 Å². The first-order valence-corrected chi connectivity index (χ1v) is 14.4. The van der Waals surface area contributed by atoms with Gasteiger partial charge in [-0.2, -0.15) is 0 Å². The Bertz CT molecular complexity index is 1540. The fourth-order valence-electron chi connectivity index (χ4n) is 5.56. The van der Waals surface area contributed by atoms with Crippen LogP contribution in [-0.4, -0.2) is 4.89 Å². The molecule has 0 unspecified atom stereocenters. The van der Waals surface area contributed by atoms with Gasteiger partial charge in [0.2, 0.25) is 0 Å². The Morgan fingerprint density at radius 1 is 0.361 bits per heavy atom. The molecule has 2 heteroatoms. The van der Waals surface area contributed by atoms with E-state index in [2.05, 4.69) is 103 Å². The number of hydrogen-bond donors (Lipinski definition) is 1. The Hall–Kier alpha value is -4.03. The zero-order chi connectivity index (χ0) is 24.5. The van der Waals surface area contributed by atoms with Crippen molar-refractivity contribution >= 4 is 38.8 Å². The van der Waals surface area contributed by atoms with E-state index in [1.165, 1.54) is 10.8 Å². The second kappa shape index (κ2) is 8.88. The van der Waals surface area contributed by atoms with Crippen molar-refractivity contribution in [3.8, 4) is 11.1 Å². The molecule has 0 aliphatic heterocycles. The number of fused-ring (bicyclic) bond motifs is 1. The Morgan fingerprint density at radius 2 is 0.778 bits per heavy atom. The van der Waals surface area contributed by atoms with Gasteiger partial charge in [-0.3, -0.25) is 0 Å². The maximum atomic E-state index is 13.9. The van der Waals surface area contributed by atoms with Crippen LogP contribution in [0.3, 0.4) is 0 Å². The van der Waals surface area contributed by atoms with Gasteiger partial charge in [-0.1, -0.05) is 0 Å². The summed E-state index contributed by atoms with van der Waals surface area (Å²) in [4.78, 5) is 13.9. The monoisotopic (exact) mass is 482 g/mol. The van der Waals surface area contributed by atoms with Crippen molar-refractivity contribution in [2.75, 3.05) is 0 Å². The predicted molar refractivity (Wildman–Crippen MR) is 156 cm³/mol. The summed E-state index contributed by atoms with van der Waals surface area (Å²) in [5.41, 5.74) is 2.17. The van der Waals surface area contributed by atoms with Gasteiger partial charge in [0.25, 0.3) is 0 Å². The number of rotatable bonds is 5. The van der Waals surface area contributed by atoms with Gasteiger partial charge in [0, 0.05) is 0 Å². The van der Waals surface area contributed by atoms with Crippen LogP contribution in [-0.2, 0) is 0 Å². The van der Waals surface area contributed by atoms with E-state index in [0.717, 1.165) is 32.3 Å². The van der Waals surface area contributed by atoms with E-state index in [1.807, 2.05) is 54.6 Å². The molecule has 0 fully saturated rings. The van der Waals surface area contributed by atoms with Gasteiger partial charge in [0.1, 0.15) is 0 Å². The van der Waals surface area contributed by atoms with Crippen molar-refractivity contribution in [2.24, 2.45) is 0 Å². The van der Waals surface area contributed by atoms with E-state index in [-0.39, 0.29) is 0 Å². The zero-order valence-electron chi connectivity index (χ0n) is 19.9. The topological polar surface area (TPSA) is 20.2 Å². The van der Waals surface area contributed by atoms with Gasteiger partial charge < -0.3 is 0 Å². The summed E-state index contributed by atoms with van der Waals surface area (Å²) in [6, 6.07) is 54.0. The minimum atomic E-state index is -4.15. The molecule has 0 atom stereocenters. The molecule has 0 aliphatic carbocycles. The van der Waals surface area contributed by atoms with Crippen molar-refractivity contribution in [1.29, 1.82) is 0 Å². The van der Waals surface area contributed by atoms with Gasteiger partial charge in [-0.05, 0) is 0 Å². The van der Waals surface area contributed by atoms with E-state index in [4.69, 9.17) is 0 Å². The van der Waals surface area contributed by atoms with Gasteiger partial charge in [-0.25, -0.2) is 0 Å². The summed E-state index contributed by atoms with van der Waals surface area (Å²) < 4.78 is 0. The van der Waals surface area contributed by atoms with Crippen LogP contribution < -0.4 is 21.2 Å². The van der Waals surface area contributed by atoms with Crippen molar-refractivity contribution in [2.45, 2.75) is 0 Å². The van der Waals surface area contributed by atoms with Crippen LogP contribution in [0, 0.1) is 0 Å². The first-order valence-electron chi connectivity index (χ1n) is 12.2. The molecule has 0 heterocycles. The van der Waals surface area contributed by atoms with Gasteiger partial charge >= 0.3 is 213 Å². The molecule has 0 radical (unpaired) electrons. The molecule has 6 aromatic carbocycles. The van der Waals surface area contributed by atoms with E-state index >= 15 is 0 Å². The van der Waals surface area contributed by atoms with Gasteiger partial charge in [0.05, 0.1) is 0 Å². The SMILES string of the molecule is OP(c1ccccc1)(c1ccccc1)(c1ccccc1)c1ccccc1-c1cccc2ccccc12. The predicted octanol–water partition coefficient (Wildman–Crippen LogP) is 6.57. The first kappa shape index (κ1) is 22.4. The van der Waals surface area contributed by atoms with Gasteiger partial charge in [0.15, 0.2) is 0 Å². The van der Waals surface area contributed by atoms with Crippen molar-refractivity contribution in [1.82, 2.24) is 0 Å². The second-order valence-electron chi connectivity index (χ2n) is 9.12. The summed E-state index contributed by atoms with van der Waals surface area (Å²) >= 11 is 0. The van der Waals surface area contributed by atoms with Crippen LogP contribution >= 0.6 is 6.83 Å². The molecule has 0 saturated heterocycles. The van der Waals surface area contributed by atoms with Crippen LogP contribution in [0.1, 0.15) is 0 Å². The van der Waals surface area contributed by atoms with Crippen molar-refractivity contribution in [3.63, 3.8) is 0 Å². The fourth-order valence-corrected chi connectivity index (χ4v) is 10.6. The third-order valence-electron chi connectivity index (χ3n) is 7.23. The van der Waals surface area contributed by atoms with Crippen LogP contribution in [0.4, 0.5) is 0 Å². The molecule has 6 aromatic rings.